The van der Waals surface area contributed by atoms with Crippen LogP contribution in [0.4, 0.5) is 0 Å². The van der Waals surface area contributed by atoms with Crippen LogP contribution in [0.15, 0.2) is 23.0 Å². The normalized spacial score (nSPS) is 26.9. The average molecular weight is 177 g/mol. The average Bonchev–Trinajstić information content (AvgIpc) is 2.12. The number of hydrogen-bond donors (Lipinski definition) is 0. The molecular formula is C11H15NO. The summed E-state index contributed by atoms with van der Waals surface area (Å²) in [5.41, 5.74) is 1.35. The summed E-state index contributed by atoms with van der Waals surface area (Å²) in [6.45, 7) is 5.35. The summed E-state index contributed by atoms with van der Waals surface area (Å²) in [6, 6.07) is 5.58. The van der Waals surface area contributed by atoms with E-state index in [0.717, 1.165) is 13.0 Å². The van der Waals surface area contributed by atoms with E-state index in [9.17, 15) is 4.79 Å². The minimum Gasteiger partial charge on any atom is -0.312 e. The van der Waals surface area contributed by atoms with E-state index in [0.29, 0.717) is 11.8 Å². The molecular weight excluding hydrogens is 162 g/mol. The Morgan fingerprint density at radius 3 is 2.92 bits per heavy atom. The first-order chi connectivity index (χ1) is 6.20. The molecule has 2 heterocycles. The van der Waals surface area contributed by atoms with Gasteiger partial charge in [-0.25, -0.2) is 0 Å². The molecule has 0 radical (unpaired) electrons. The van der Waals surface area contributed by atoms with Gasteiger partial charge in [-0.1, -0.05) is 19.9 Å². The van der Waals surface area contributed by atoms with Crippen molar-refractivity contribution >= 4 is 0 Å². The van der Waals surface area contributed by atoms with E-state index < -0.39 is 0 Å². The van der Waals surface area contributed by atoms with Gasteiger partial charge in [0.1, 0.15) is 0 Å². The highest BCUT2D eigenvalue weighted by Gasteiger charge is 2.22. The summed E-state index contributed by atoms with van der Waals surface area (Å²) in [7, 11) is 0. The Labute approximate surface area is 78.2 Å². The monoisotopic (exact) mass is 177 g/mol. The lowest BCUT2D eigenvalue weighted by atomic mass is 9.86. The fourth-order valence-electron chi connectivity index (χ4n) is 2.05. The second-order valence-corrected chi connectivity index (χ2v) is 4.00. The van der Waals surface area contributed by atoms with Crippen LogP contribution in [-0.4, -0.2) is 4.57 Å². The third kappa shape index (κ3) is 1.30. The molecule has 0 saturated carbocycles. The second kappa shape index (κ2) is 3.02. The molecule has 2 atom stereocenters. The Kier molecular flexibility index (Phi) is 1.98. The van der Waals surface area contributed by atoms with Crippen molar-refractivity contribution in [2.45, 2.75) is 32.7 Å². The second-order valence-electron chi connectivity index (χ2n) is 4.00. The van der Waals surface area contributed by atoms with Crippen molar-refractivity contribution in [3.05, 3.63) is 34.2 Å². The van der Waals surface area contributed by atoms with Gasteiger partial charge in [0.2, 0.25) is 0 Å². The standard InChI is InChI=1S/C11H15NO/c1-8-6-7-12-10(9(8)2)4-3-5-11(12)13/h3-5,8-9H,6-7H2,1-2H3/t8-,9-/m0/s1. The molecule has 1 aromatic rings. The predicted octanol–water partition coefficient (Wildman–Crippen LogP) is 1.99. The van der Waals surface area contributed by atoms with Crippen LogP contribution in [0.1, 0.15) is 31.9 Å². The third-order valence-corrected chi connectivity index (χ3v) is 3.21. The van der Waals surface area contributed by atoms with Crippen molar-refractivity contribution in [2.75, 3.05) is 0 Å². The van der Waals surface area contributed by atoms with Crippen LogP contribution in [-0.2, 0) is 6.54 Å². The summed E-state index contributed by atoms with van der Waals surface area (Å²) in [5, 5.41) is 0. The van der Waals surface area contributed by atoms with Crippen LogP contribution >= 0.6 is 0 Å². The molecule has 0 spiro atoms. The number of nitrogens with zero attached hydrogens (tertiary/aromatic N) is 1. The van der Waals surface area contributed by atoms with Gasteiger partial charge < -0.3 is 4.57 Å². The lowest BCUT2D eigenvalue weighted by Crippen LogP contribution is -2.30. The SMILES string of the molecule is C[C@@H]1c2cccc(=O)n2CC[C@@H]1C. The molecule has 13 heavy (non-hydrogen) atoms. The molecule has 2 nitrogen and oxygen atoms in total. The van der Waals surface area contributed by atoms with Crippen molar-refractivity contribution < 1.29 is 0 Å². The van der Waals surface area contributed by atoms with Crippen molar-refractivity contribution in [3.63, 3.8) is 0 Å². The number of fused-ring (bicyclic) bond motifs is 1. The van der Waals surface area contributed by atoms with E-state index in [-0.39, 0.29) is 5.56 Å². The van der Waals surface area contributed by atoms with Crippen LogP contribution < -0.4 is 5.56 Å². The fraction of sp³-hybridized carbons (Fsp3) is 0.545. The maximum absolute atomic E-state index is 11.5. The predicted molar refractivity (Wildman–Crippen MR) is 52.9 cm³/mol. The Hall–Kier alpha value is -1.05. The molecule has 0 aromatic carbocycles. The van der Waals surface area contributed by atoms with Crippen LogP contribution in [0, 0.1) is 5.92 Å². The zero-order chi connectivity index (χ0) is 9.42. The maximum atomic E-state index is 11.5. The van der Waals surface area contributed by atoms with E-state index in [2.05, 4.69) is 19.9 Å². The lowest BCUT2D eigenvalue weighted by Gasteiger charge is -2.29. The van der Waals surface area contributed by atoms with Crippen LogP contribution in [0.2, 0.25) is 0 Å². The molecule has 0 amide bonds. The van der Waals surface area contributed by atoms with Gasteiger partial charge in [0, 0.05) is 18.3 Å². The molecule has 2 rings (SSSR count). The minimum absolute atomic E-state index is 0.149. The topological polar surface area (TPSA) is 22.0 Å². The first-order valence-electron chi connectivity index (χ1n) is 4.90. The zero-order valence-electron chi connectivity index (χ0n) is 8.16. The van der Waals surface area contributed by atoms with E-state index in [1.807, 2.05) is 10.6 Å². The first-order valence-corrected chi connectivity index (χ1v) is 4.90. The Morgan fingerprint density at radius 2 is 2.15 bits per heavy atom. The van der Waals surface area contributed by atoms with E-state index in [4.69, 9.17) is 0 Å². The highest BCUT2D eigenvalue weighted by molar-refractivity contribution is 5.14. The molecule has 0 N–H and O–H groups in total. The summed E-state index contributed by atoms with van der Waals surface area (Å²) in [6.07, 6.45) is 1.12. The van der Waals surface area contributed by atoms with Gasteiger partial charge in [-0.2, -0.15) is 0 Å². The summed E-state index contributed by atoms with van der Waals surface area (Å²) >= 11 is 0. The molecule has 1 aliphatic heterocycles. The Bertz CT molecular complexity index is 367. The van der Waals surface area contributed by atoms with Crippen molar-refractivity contribution in [1.82, 2.24) is 4.57 Å². The van der Waals surface area contributed by atoms with Gasteiger partial charge in [-0.15, -0.1) is 0 Å². The Morgan fingerprint density at radius 1 is 1.38 bits per heavy atom. The molecule has 70 valence electrons. The Balaban J connectivity index is 2.55. The van der Waals surface area contributed by atoms with E-state index in [1.165, 1.54) is 5.69 Å². The van der Waals surface area contributed by atoms with Crippen molar-refractivity contribution in [1.29, 1.82) is 0 Å². The van der Waals surface area contributed by atoms with Gasteiger partial charge >= 0.3 is 0 Å². The fourth-order valence-corrected chi connectivity index (χ4v) is 2.05. The highest BCUT2D eigenvalue weighted by Crippen LogP contribution is 2.29. The molecule has 1 aromatic heterocycles. The molecule has 0 aliphatic carbocycles. The number of aromatic nitrogens is 1. The molecule has 2 heteroatoms. The van der Waals surface area contributed by atoms with E-state index >= 15 is 0 Å². The van der Waals surface area contributed by atoms with Gasteiger partial charge in [0.15, 0.2) is 0 Å². The van der Waals surface area contributed by atoms with E-state index in [1.54, 1.807) is 6.07 Å². The summed E-state index contributed by atoms with van der Waals surface area (Å²) < 4.78 is 1.91. The molecule has 0 unspecified atom stereocenters. The maximum Gasteiger partial charge on any atom is 0.250 e. The molecule has 0 fully saturated rings. The van der Waals surface area contributed by atoms with Crippen LogP contribution in [0.25, 0.3) is 0 Å². The van der Waals surface area contributed by atoms with Crippen LogP contribution in [0.3, 0.4) is 0 Å². The van der Waals surface area contributed by atoms with Crippen molar-refractivity contribution in [2.24, 2.45) is 5.92 Å². The summed E-state index contributed by atoms with van der Waals surface area (Å²) in [5.74, 6) is 1.21. The number of hydrogen-bond acceptors (Lipinski definition) is 1. The third-order valence-electron chi connectivity index (χ3n) is 3.21. The number of rotatable bonds is 0. The van der Waals surface area contributed by atoms with Crippen molar-refractivity contribution in [3.8, 4) is 0 Å². The lowest BCUT2D eigenvalue weighted by molar-refractivity contribution is 0.349. The van der Waals surface area contributed by atoms with Gasteiger partial charge in [-0.3, -0.25) is 4.79 Å². The molecule has 0 saturated heterocycles. The van der Waals surface area contributed by atoms with Gasteiger partial charge in [-0.05, 0) is 24.3 Å². The molecule has 0 bridgehead atoms. The van der Waals surface area contributed by atoms with Gasteiger partial charge in [0.05, 0.1) is 0 Å². The van der Waals surface area contributed by atoms with Gasteiger partial charge in [0.25, 0.3) is 5.56 Å². The zero-order valence-corrected chi connectivity index (χ0v) is 8.16. The smallest absolute Gasteiger partial charge is 0.250 e. The summed E-state index contributed by atoms with van der Waals surface area (Å²) in [4.78, 5) is 11.5. The first kappa shape index (κ1) is 8.54. The quantitative estimate of drug-likeness (QED) is 0.594. The highest BCUT2D eigenvalue weighted by atomic mass is 16.1. The molecule has 1 aliphatic rings. The minimum atomic E-state index is 0.149. The number of pyridine rings is 1. The largest absolute Gasteiger partial charge is 0.312 e. The van der Waals surface area contributed by atoms with Crippen LogP contribution in [0.5, 0.6) is 0 Å².